The van der Waals surface area contributed by atoms with Crippen molar-refractivity contribution in [2.45, 2.75) is 46.1 Å². The molecule has 0 bridgehead atoms. The summed E-state index contributed by atoms with van der Waals surface area (Å²) in [6.07, 6.45) is 3.08. The van der Waals surface area contributed by atoms with E-state index in [1.807, 2.05) is 6.92 Å². The fraction of sp³-hybridized carbons (Fsp3) is 0.571. The SMILES string of the molecule is CC(C)CCCC(C)NC(=O)c1ccc(C(=O)O)o1. The van der Waals surface area contributed by atoms with E-state index in [0.717, 1.165) is 19.3 Å². The molecule has 0 saturated heterocycles. The highest BCUT2D eigenvalue weighted by atomic mass is 16.4. The Labute approximate surface area is 113 Å². The fourth-order valence-corrected chi connectivity index (χ4v) is 1.77. The number of nitrogens with one attached hydrogen (secondary N) is 1. The average molecular weight is 267 g/mol. The molecule has 2 N–H and O–H groups in total. The Morgan fingerprint density at radius 3 is 2.37 bits per heavy atom. The third kappa shape index (κ3) is 5.16. The van der Waals surface area contributed by atoms with Gasteiger partial charge in [0.05, 0.1) is 0 Å². The lowest BCUT2D eigenvalue weighted by molar-refractivity contribution is 0.0659. The maximum absolute atomic E-state index is 11.8. The van der Waals surface area contributed by atoms with E-state index in [1.165, 1.54) is 12.1 Å². The molecule has 1 amide bonds. The van der Waals surface area contributed by atoms with Gasteiger partial charge in [-0.1, -0.05) is 26.7 Å². The molecule has 19 heavy (non-hydrogen) atoms. The highest BCUT2D eigenvalue weighted by Crippen LogP contribution is 2.10. The van der Waals surface area contributed by atoms with Gasteiger partial charge in [-0.2, -0.15) is 0 Å². The molecule has 0 fully saturated rings. The second-order valence-electron chi connectivity index (χ2n) is 5.17. The molecule has 1 heterocycles. The zero-order valence-corrected chi connectivity index (χ0v) is 11.6. The molecule has 1 unspecified atom stereocenters. The molecule has 5 heteroatoms. The van der Waals surface area contributed by atoms with Gasteiger partial charge < -0.3 is 14.8 Å². The molecule has 1 aromatic rings. The maximum Gasteiger partial charge on any atom is 0.371 e. The van der Waals surface area contributed by atoms with Crippen LogP contribution in [0.5, 0.6) is 0 Å². The molecular weight excluding hydrogens is 246 g/mol. The van der Waals surface area contributed by atoms with Crippen LogP contribution in [0.1, 0.15) is 61.1 Å². The number of rotatable bonds is 7. The lowest BCUT2D eigenvalue weighted by atomic mass is 10.0. The lowest BCUT2D eigenvalue weighted by Crippen LogP contribution is -2.32. The first kappa shape index (κ1) is 15.3. The Morgan fingerprint density at radius 1 is 1.21 bits per heavy atom. The van der Waals surface area contributed by atoms with Crippen LogP contribution in [0.3, 0.4) is 0 Å². The summed E-state index contributed by atoms with van der Waals surface area (Å²) in [7, 11) is 0. The lowest BCUT2D eigenvalue weighted by Gasteiger charge is -2.13. The summed E-state index contributed by atoms with van der Waals surface area (Å²) >= 11 is 0. The number of carbonyl (C=O) groups is 2. The molecule has 0 radical (unpaired) electrons. The van der Waals surface area contributed by atoms with Crippen molar-refractivity contribution in [3.63, 3.8) is 0 Å². The summed E-state index contributed by atoms with van der Waals surface area (Å²) in [5.74, 6) is -1.08. The number of furan rings is 1. The summed E-state index contributed by atoms with van der Waals surface area (Å²) in [6, 6.07) is 2.70. The van der Waals surface area contributed by atoms with E-state index < -0.39 is 5.97 Å². The largest absolute Gasteiger partial charge is 0.475 e. The number of hydrogen-bond donors (Lipinski definition) is 2. The Bertz CT molecular complexity index is 436. The van der Waals surface area contributed by atoms with E-state index in [0.29, 0.717) is 5.92 Å². The zero-order chi connectivity index (χ0) is 14.4. The fourth-order valence-electron chi connectivity index (χ4n) is 1.77. The third-order valence-electron chi connectivity index (χ3n) is 2.84. The normalized spacial score (nSPS) is 12.4. The Morgan fingerprint density at radius 2 is 1.84 bits per heavy atom. The first-order valence-electron chi connectivity index (χ1n) is 6.54. The van der Waals surface area contributed by atoms with Gasteiger partial charge >= 0.3 is 5.97 Å². The number of hydrogen-bond acceptors (Lipinski definition) is 3. The summed E-state index contributed by atoms with van der Waals surface area (Å²) < 4.78 is 4.94. The highest BCUT2D eigenvalue weighted by molar-refractivity contribution is 5.93. The molecule has 1 atom stereocenters. The Hall–Kier alpha value is -1.78. The van der Waals surface area contributed by atoms with Crippen molar-refractivity contribution in [1.82, 2.24) is 5.32 Å². The van der Waals surface area contributed by atoms with Crippen LogP contribution in [-0.2, 0) is 0 Å². The molecule has 106 valence electrons. The molecule has 0 aliphatic carbocycles. The van der Waals surface area contributed by atoms with Crippen molar-refractivity contribution in [1.29, 1.82) is 0 Å². The van der Waals surface area contributed by atoms with Gasteiger partial charge in [-0.3, -0.25) is 4.79 Å². The smallest absolute Gasteiger partial charge is 0.371 e. The maximum atomic E-state index is 11.8. The van der Waals surface area contributed by atoms with Gasteiger partial charge in [0.1, 0.15) is 0 Å². The van der Waals surface area contributed by atoms with E-state index in [1.54, 1.807) is 0 Å². The van der Waals surface area contributed by atoms with E-state index in [-0.39, 0.29) is 23.5 Å². The van der Waals surface area contributed by atoms with Crippen LogP contribution in [0.15, 0.2) is 16.5 Å². The number of aromatic carboxylic acids is 1. The van der Waals surface area contributed by atoms with Crippen molar-refractivity contribution in [3.8, 4) is 0 Å². The minimum Gasteiger partial charge on any atom is -0.475 e. The molecule has 1 rings (SSSR count). The monoisotopic (exact) mass is 267 g/mol. The second-order valence-corrected chi connectivity index (χ2v) is 5.17. The number of carbonyl (C=O) groups excluding carboxylic acids is 1. The summed E-state index contributed by atoms with van der Waals surface area (Å²) in [6.45, 7) is 6.26. The van der Waals surface area contributed by atoms with Gasteiger partial charge in [0.15, 0.2) is 5.76 Å². The summed E-state index contributed by atoms with van der Waals surface area (Å²) in [4.78, 5) is 22.4. The van der Waals surface area contributed by atoms with E-state index in [4.69, 9.17) is 9.52 Å². The zero-order valence-electron chi connectivity index (χ0n) is 11.6. The number of amides is 1. The Kier molecular flexibility index (Phi) is 5.60. The second kappa shape index (κ2) is 6.97. The summed E-state index contributed by atoms with van der Waals surface area (Å²) in [5.41, 5.74) is 0. The average Bonchev–Trinajstić information content (AvgIpc) is 2.77. The van der Waals surface area contributed by atoms with Gasteiger partial charge in [0, 0.05) is 6.04 Å². The van der Waals surface area contributed by atoms with E-state index in [9.17, 15) is 9.59 Å². The third-order valence-corrected chi connectivity index (χ3v) is 2.84. The molecular formula is C14H21NO4. The Balaban J connectivity index is 2.42. The van der Waals surface area contributed by atoms with Crippen molar-refractivity contribution >= 4 is 11.9 Å². The molecule has 0 aromatic carbocycles. The van der Waals surface area contributed by atoms with Gasteiger partial charge in [-0.05, 0) is 31.4 Å². The molecule has 5 nitrogen and oxygen atoms in total. The molecule has 0 aliphatic rings. The van der Waals surface area contributed by atoms with Crippen LogP contribution >= 0.6 is 0 Å². The van der Waals surface area contributed by atoms with Crippen LogP contribution in [0.4, 0.5) is 0 Å². The quantitative estimate of drug-likeness (QED) is 0.796. The van der Waals surface area contributed by atoms with Crippen LogP contribution in [-0.4, -0.2) is 23.0 Å². The highest BCUT2D eigenvalue weighted by Gasteiger charge is 2.16. The van der Waals surface area contributed by atoms with E-state index >= 15 is 0 Å². The summed E-state index contributed by atoms with van der Waals surface area (Å²) in [5, 5.41) is 11.5. The first-order valence-corrected chi connectivity index (χ1v) is 6.54. The van der Waals surface area contributed by atoms with Crippen molar-refractivity contribution in [3.05, 3.63) is 23.7 Å². The molecule has 0 saturated carbocycles. The van der Waals surface area contributed by atoms with Crippen LogP contribution < -0.4 is 5.32 Å². The predicted octanol–water partition coefficient (Wildman–Crippen LogP) is 2.92. The predicted molar refractivity (Wildman–Crippen MR) is 71.3 cm³/mol. The topological polar surface area (TPSA) is 79.5 Å². The number of carboxylic acids is 1. The van der Waals surface area contributed by atoms with Crippen molar-refractivity contribution < 1.29 is 19.1 Å². The van der Waals surface area contributed by atoms with Gasteiger partial charge in [0.2, 0.25) is 5.76 Å². The molecule has 0 aliphatic heterocycles. The van der Waals surface area contributed by atoms with Crippen molar-refractivity contribution in [2.24, 2.45) is 5.92 Å². The minimum atomic E-state index is -1.18. The standard InChI is InChI=1S/C14H21NO4/c1-9(2)5-4-6-10(3)15-13(16)11-7-8-12(19-11)14(17)18/h7-10H,4-6H2,1-3H3,(H,15,16)(H,17,18). The van der Waals surface area contributed by atoms with Gasteiger partial charge in [-0.15, -0.1) is 0 Å². The van der Waals surface area contributed by atoms with Crippen LogP contribution in [0.2, 0.25) is 0 Å². The number of carboxylic acid groups (broad SMARTS) is 1. The first-order chi connectivity index (χ1) is 8.90. The van der Waals surface area contributed by atoms with Crippen LogP contribution in [0, 0.1) is 5.92 Å². The van der Waals surface area contributed by atoms with Gasteiger partial charge in [0.25, 0.3) is 5.91 Å². The molecule has 0 spiro atoms. The molecule has 1 aromatic heterocycles. The van der Waals surface area contributed by atoms with Crippen LogP contribution in [0.25, 0.3) is 0 Å². The van der Waals surface area contributed by atoms with Crippen molar-refractivity contribution in [2.75, 3.05) is 0 Å². The van der Waals surface area contributed by atoms with E-state index in [2.05, 4.69) is 19.2 Å². The minimum absolute atomic E-state index is 0.0353. The van der Waals surface area contributed by atoms with Gasteiger partial charge in [-0.25, -0.2) is 4.79 Å².